The highest BCUT2D eigenvalue weighted by Crippen LogP contribution is 2.13. The third-order valence-corrected chi connectivity index (χ3v) is 2.12. The average Bonchev–Trinajstić information content (AvgIpc) is 2.47. The summed E-state index contributed by atoms with van der Waals surface area (Å²) in [7, 11) is 0. The predicted octanol–water partition coefficient (Wildman–Crippen LogP) is 5.02. The average molecular weight is 533 g/mol. The summed E-state index contributed by atoms with van der Waals surface area (Å²) in [6.45, 7) is 8.20. The number of benzene rings is 1. The first-order valence-electron chi connectivity index (χ1n) is 7.20. The van der Waals surface area contributed by atoms with Crippen LogP contribution in [0.5, 0.6) is 0 Å². The molecule has 1 aromatic rings. The summed E-state index contributed by atoms with van der Waals surface area (Å²) >= 11 is 4.66. The number of halogens is 2. The maximum atomic E-state index is 11.7. The lowest BCUT2D eigenvalue weighted by Gasteiger charge is -2.04. The largest absolute Gasteiger partial charge is 0.466 e. The van der Waals surface area contributed by atoms with Crippen molar-refractivity contribution >= 4 is 62.6 Å². The van der Waals surface area contributed by atoms with Crippen LogP contribution in [0.25, 0.3) is 0 Å². The van der Waals surface area contributed by atoms with Gasteiger partial charge < -0.3 is 10.5 Å². The Morgan fingerprint density at radius 1 is 1.18 bits per heavy atom. The zero-order valence-electron chi connectivity index (χ0n) is 13.6. The first-order chi connectivity index (χ1) is 10.4. The highest BCUT2D eigenvalue weighted by molar-refractivity contribution is 14.2. The lowest BCUT2D eigenvalue weighted by Crippen LogP contribution is -2.09. The lowest BCUT2D eigenvalue weighted by molar-refractivity contribution is -0.143. The number of alkyl halides is 2. The number of nitrogens with two attached hydrogens (primary N) is 1. The Kier molecular flexibility index (Phi) is 16.8. The Morgan fingerprint density at radius 2 is 1.68 bits per heavy atom. The van der Waals surface area contributed by atoms with Crippen molar-refractivity contribution in [1.29, 1.82) is 0 Å². The van der Waals surface area contributed by atoms with Crippen molar-refractivity contribution in [3.8, 4) is 0 Å². The van der Waals surface area contributed by atoms with Crippen LogP contribution in [0.4, 0.5) is 5.69 Å². The van der Waals surface area contributed by atoms with Crippen molar-refractivity contribution in [3.63, 3.8) is 0 Å². The van der Waals surface area contributed by atoms with Gasteiger partial charge in [-0.2, -0.15) is 0 Å². The molecule has 4 nitrogen and oxygen atoms in total. The zero-order chi connectivity index (χ0) is 17.5. The molecule has 0 spiro atoms. The highest BCUT2D eigenvalue weighted by atomic mass is 127. The molecule has 0 aliphatic heterocycles. The first-order valence-corrected chi connectivity index (χ1v) is 9.69. The number of Topliss-reactive ketones (excluding diaryl/α,β-unsaturated/α-hetero) is 1. The number of carbonyl (C=O) groups is 2. The second kappa shape index (κ2) is 15.5. The molecule has 0 heterocycles. The lowest BCUT2D eigenvalue weighted by atomic mass is 10.1. The van der Waals surface area contributed by atoms with Crippen molar-refractivity contribution in [1.82, 2.24) is 0 Å². The minimum absolute atomic E-state index is 0.0982. The molecule has 0 aliphatic rings. The van der Waals surface area contributed by atoms with Gasteiger partial charge in [-0.1, -0.05) is 71.2 Å². The molecule has 0 saturated heterocycles. The molecule has 0 aromatic heterocycles. The number of hydrogen-bond donors (Lipinski definition) is 1. The van der Waals surface area contributed by atoms with Gasteiger partial charge in [0.2, 0.25) is 0 Å². The van der Waals surface area contributed by atoms with Crippen molar-refractivity contribution in [3.05, 3.63) is 29.8 Å². The molecule has 1 aromatic carbocycles. The molecule has 0 fully saturated rings. The summed E-state index contributed by atoms with van der Waals surface area (Å²) < 4.78 is 5.51. The van der Waals surface area contributed by atoms with Gasteiger partial charge in [0.05, 0.1) is 15.0 Å². The van der Waals surface area contributed by atoms with Gasteiger partial charge in [0.25, 0.3) is 0 Å². The highest BCUT2D eigenvalue weighted by Gasteiger charge is 2.11. The van der Waals surface area contributed by atoms with E-state index in [4.69, 9.17) is 10.5 Å². The monoisotopic (exact) mass is 533 g/mol. The molecule has 0 saturated carbocycles. The molecule has 0 unspecified atom stereocenters. The van der Waals surface area contributed by atoms with E-state index in [2.05, 4.69) is 52.1 Å². The number of ether oxygens (including phenoxy) is 1. The van der Waals surface area contributed by atoms with Crippen molar-refractivity contribution in [2.75, 3.05) is 12.3 Å². The van der Waals surface area contributed by atoms with Crippen LogP contribution < -0.4 is 5.73 Å². The van der Waals surface area contributed by atoms with Gasteiger partial charge in [-0.3, -0.25) is 9.59 Å². The van der Waals surface area contributed by atoms with Gasteiger partial charge in [0, 0.05) is 17.7 Å². The molecule has 0 radical (unpaired) electrons. The van der Waals surface area contributed by atoms with E-state index < -0.39 is 0 Å². The van der Waals surface area contributed by atoms with Gasteiger partial charge in [0.15, 0.2) is 5.78 Å². The first kappa shape index (κ1) is 23.9. The van der Waals surface area contributed by atoms with Crippen LogP contribution in [0.2, 0.25) is 0 Å². The maximum absolute atomic E-state index is 11.7. The van der Waals surface area contributed by atoms with E-state index in [0.717, 1.165) is 1.93 Å². The fourth-order valence-electron chi connectivity index (χ4n) is 1.33. The quantitative estimate of drug-likeness (QED) is 0.190. The van der Waals surface area contributed by atoms with E-state index in [1.807, 2.05) is 13.8 Å². The standard InChI is InChI=1S/C12H15NO3.C2H4I2.C2H6/c1-2-16-12(15)8-7-11(14)9-5-3-4-6-10(9)13;1-2(3)4;1-2/h3-6H,2,7-8,13H2,1H3;2H,1H3;1-2H3. The topological polar surface area (TPSA) is 69.4 Å². The van der Waals surface area contributed by atoms with Crippen molar-refractivity contribution in [2.45, 2.75) is 42.5 Å². The molecule has 0 bridgehead atoms. The molecule has 2 N–H and O–H groups in total. The second-order valence-corrected chi connectivity index (χ2v) is 9.95. The van der Waals surface area contributed by atoms with E-state index in [9.17, 15) is 9.59 Å². The Balaban J connectivity index is 0. The van der Waals surface area contributed by atoms with E-state index in [1.54, 1.807) is 31.2 Å². The molecule has 0 aliphatic carbocycles. The van der Waals surface area contributed by atoms with E-state index in [-0.39, 0.29) is 24.6 Å². The number of nitrogen functional groups attached to an aromatic ring is 1. The second-order valence-electron chi connectivity index (χ2n) is 3.83. The molecule has 1 rings (SSSR count). The van der Waals surface area contributed by atoms with Crippen molar-refractivity contribution < 1.29 is 14.3 Å². The molecule has 0 atom stereocenters. The van der Waals surface area contributed by atoms with Crippen LogP contribution in [0, 0.1) is 0 Å². The minimum atomic E-state index is -0.356. The fourth-order valence-corrected chi connectivity index (χ4v) is 1.33. The Hall–Kier alpha value is -0.380. The summed E-state index contributed by atoms with van der Waals surface area (Å²) in [6.07, 6.45) is 0.230. The molecule has 6 heteroatoms. The van der Waals surface area contributed by atoms with Gasteiger partial charge in [0.1, 0.15) is 0 Å². The minimum Gasteiger partial charge on any atom is -0.466 e. The van der Waals surface area contributed by atoms with E-state index >= 15 is 0 Å². The normalized spacial score (nSPS) is 9.05. The SMILES string of the molecule is CC.CC(I)I.CCOC(=O)CCC(=O)c1ccccc1N. The Morgan fingerprint density at radius 3 is 2.14 bits per heavy atom. The fraction of sp³-hybridized carbons (Fsp3) is 0.500. The molecular formula is C16H25I2NO3. The Bertz CT molecular complexity index is 434. The molecule has 0 amide bonds. The summed E-state index contributed by atoms with van der Waals surface area (Å²) in [4.78, 5) is 22.7. The molecule has 22 heavy (non-hydrogen) atoms. The number of carbonyl (C=O) groups excluding carboxylic acids is 2. The predicted molar refractivity (Wildman–Crippen MR) is 110 cm³/mol. The maximum Gasteiger partial charge on any atom is 0.306 e. The van der Waals surface area contributed by atoms with Gasteiger partial charge >= 0.3 is 5.97 Å². The van der Waals surface area contributed by atoms with Gasteiger partial charge in [-0.05, 0) is 26.0 Å². The van der Waals surface area contributed by atoms with Crippen LogP contribution in [-0.4, -0.2) is 20.3 Å². The summed E-state index contributed by atoms with van der Waals surface area (Å²) in [5.41, 5.74) is 6.56. The number of esters is 1. The zero-order valence-corrected chi connectivity index (χ0v) is 17.9. The summed E-state index contributed by atoms with van der Waals surface area (Å²) in [6, 6.07) is 6.83. The van der Waals surface area contributed by atoms with Crippen LogP contribution >= 0.6 is 45.2 Å². The van der Waals surface area contributed by atoms with E-state index in [1.165, 1.54) is 0 Å². The number of ketones is 1. The third kappa shape index (κ3) is 13.3. The Labute approximate surface area is 160 Å². The number of rotatable bonds is 5. The van der Waals surface area contributed by atoms with Crippen LogP contribution in [-0.2, 0) is 9.53 Å². The number of anilines is 1. The summed E-state index contributed by atoms with van der Waals surface area (Å²) in [5, 5.41) is 0. The molecular weight excluding hydrogens is 508 g/mol. The van der Waals surface area contributed by atoms with Crippen LogP contribution in [0.15, 0.2) is 24.3 Å². The van der Waals surface area contributed by atoms with Crippen LogP contribution in [0.3, 0.4) is 0 Å². The number of hydrogen-bond acceptors (Lipinski definition) is 4. The number of para-hydroxylation sites is 1. The van der Waals surface area contributed by atoms with Crippen LogP contribution in [0.1, 0.15) is 50.9 Å². The van der Waals surface area contributed by atoms with Gasteiger partial charge in [-0.25, -0.2) is 0 Å². The third-order valence-electron chi connectivity index (χ3n) is 2.12. The van der Waals surface area contributed by atoms with E-state index in [0.29, 0.717) is 17.9 Å². The van der Waals surface area contributed by atoms with Gasteiger partial charge in [-0.15, -0.1) is 0 Å². The smallest absolute Gasteiger partial charge is 0.306 e. The molecule has 126 valence electrons. The van der Waals surface area contributed by atoms with Crippen molar-refractivity contribution in [2.24, 2.45) is 0 Å². The summed E-state index contributed by atoms with van der Waals surface area (Å²) in [5.74, 6) is -0.489.